The van der Waals surface area contributed by atoms with Crippen LogP contribution in [0.15, 0.2) is 34.7 Å². The first kappa shape index (κ1) is 16.2. The zero-order valence-electron chi connectivity index (χ0n) is 13.6. The summed E-state index contributed by atoms with van der Waals surface area (Å²) in [7, 11) is 0. The van der Waals surface area contributed by atoms with Gasteiger partial charge in [0, 0.05) is 11.8 Å². The Morgan fingerprint density at radius 2 is 2.08 bits per heavy atom. The van der Waals surface area contributed by atoms with E-state index < -0.39 is 0 Å². The number of para-hydroxylation sites is 1. The Balaban J connectivity index is 1.84. The van der Waals surface area contributed by atoms with Crippen molar-refractivity contribution < 1.29 is 13.9 Å². The Kier molecular flexibility index (Phi) is 4.61. The fraction of sp³-hybridized carbons (Fsp3) is 0.235. The molecular formula is C17H17N3O3S. The van der Waals surface area contributed by atoms with Gasteiger partial charge in [0.25, 0.3) is 11.8 Å². The standard InChI is InChI=1S/C17H17N3O3S/c1-4-22-14-8-6-5-7-12(14)16(21)18-13-9-15(24-10(13)2)17-20-19-11(3)23-17/h5-9H,4H2,1-3H3,(H,18,21). The van der Waals surface area contributed by atoms with Gasteiger partial charge in [-0.1, -0.05) is 12.1 Å². The maximum Gasteiger partial charge on any atom is 0.259 e. The number of carbonyl (C=O) groups excluding carboxylic acids is 1. The van der Waals surface area contributed by atoms with Gasteiger partial charge in [-0.2, -0.15) is 0 Å². The van der Waals surface area contributed by atoms with Crippen LogP contribution in [-0.4, -0.2) is 22.7 Å². The molecule has 0 unspecified atom stereocenters. The lowest BCUT2D eigenvalue weighted by molar-refractivity contribution is 0.102. The molecule has 1 N–H and O–H groups in total. The molecule has 1 amide bonds. The Bertz CT molecular complexity index is 870. The number of hydrogen-bond acceptors (Lipinski definition) is 6. The molecule has 6 nitrogen and oxygen atoms in total. The molecule has 0 spiro atoms. The number of rotatable bonds is 5. The first-order valence-corrected chi connectivity index (χ1v) is 8.34. The average Bonchev–Trinajstić information content (AvgIpc) is 3.15. The van der Waals surface area contributed by atoms with E-state index in [0.29, 0.717) is 29.7 Å². The minimum atomic E-state index is -0.215. The number of hydrogen-bond donors (Lipinski definition) is 1. The second-order valence-electron chi connectivity index (χ2n) is 5.09. The van der Waals surface area contributed by atoms with Gasteiger partial charge in [-0.15, -0.1) is 21.5 Å². The molecule has 1 aromatic carbocycles. The number of benzene rings is 1. The maximum absolute atomic E-state index is 12.6. The van der Waals surface area contributed by atoms with Crippen LogP contribution in [0.4, 0.5) is 5.69 Å². The molecule has 124 valence electrons. The number of anilines is 1. The highest BCUT2D eigenvalue weighted by Gasteiger charge is 2.17. The normalized spacial score (nSPS) is 10.6. The van der Waals surface area contributed by atoms with Gasteiger partial charge < -0.3 is 14.5 Å². The fourth-order valence-corrected chi connectivity index (χ4v) is 3.13. The number of aromatic nitrogens is 2. The summed E-state index contributed by atoms with van der Waals surface area (Å²) in [5, 5.41) is 10.8. The van der Waals surface area contributed by atoms with E-state index in [2.05, 4.69) is 15.5 Å². The molecular weight excluding hydrogens is 326 g/mol. The van der Waals surface area contributed by atoms with Crippen molar-refractivity contribution in [2.75, 3.05) is 11.9 Å². The van der Waals surface area contributed by atoms with Gasteiger partial charge in [-0.3, -0.25) is 4.79 Å². The van der Waals surface area contributed by atoms with E-state index in [9.17, 15) is 4.79 Å². The predicted octanol–water partition coefficient (Wildman–Crippen LogP) is 4.07. The van der Waals surface area contributed by atoms with Gasteiger partial charge in [-0.05, 0) is 32.0 Å². The maximum atomic E-state index is 12.6. The molecule has 0 aliphatic heterocycles. The van der Waals surface area contributed by atoms with Crippen LogP contribution in [0.25, 0.3) is 10.8 Å². The summed E-state index contributed by atoms with van der Waals surface area (Å²) in [5.41, 5.74) is 1.22. The molecule has 2 heterocycles. The quantitative estimate of drug-likeness (QED) is 0.756. The molecule has 3 aromatic rings. The summed E-state index contributed by atoms with van der Waals surface area (Å²) in [5.74, 6) is 1.31. The highest BCUT2D eigenvalue weighted by atomic mass is 32.1. The molecule has 2 aromatic heterocycles. The monoisotopic (exact) mass is 343 g/mol. The van der Waals surface area contributed by atoms with Crippen LogP contribution in [0.5, 0.6) is 5.75 Å². The average molecular weight is 343 g/mol. The molecule has 0 aliphatic rings. The van der Waals surface area contributed by atoms with Crippen molar-refractivity contribution >= 4 is 22.9 Å². The highest BCUT2D eigenvalue weighted by Crippen LogP contribution is 2.34. The molecule has 0 bridgehead atoms. The van der Waals surface area contributed by atoms with Crippen molar-refractivity contribution in [3.63, 3.8) is 0 Å². The van der Waals surface area contributed by atoms with Crippen LogP contribution in [0.1, 0.15) is 28.0 Å². The number of amides is 1. The lowest BCUT2D eigenvalue weighted by Crippen LogP contribution is -2.13. The first-order valence-electron chi connectivity index (χ1n) is 7.52. The minimum absolute atomic E-state index is 0.215. The Morgan fingerprint density at radius 1 is 1.29 bits per heavy atom. The molecule has 0 saturated heterocycles. The summed E-state index contributed by atoms with van der Waals surface area (Å²) >= 11 is 1.49. The van der Waals surface area contributed by atoms with E-state index in [1.165, 1.54) is 11.3 Å². The van der Waals surface area contributed by atoms with E-state index in [-0.39, 0.29) is 5.91 Å². The second kappa shape index (κ2) is 6.84. The molecule has 0 radical (unpaired) electrons. The number of nitrogens with one attached hydrogen (secondary N) is 1. The topological polar surface area (TPSA) is 77.2 Å². The van der Waals surface area contributed by atoms with Gasteiger partial charge in [0.15, 0.2) is 0 Å². The third-order valence-corrected chi connectivity index (χ3v) is 4.37. The van der Waals surface area contributed by atoms with Gasteiger partial charge >= 0.3 is 0 Å². The molecule has 3 rings (SSSR count). The summed E-state index contributed by atoms with van der Waals surface area (Å²) in [6, 6.07) is 9.02. The zero-order chi connectivity index (χ0) is 17.1. The summed E-state index contributed by atoms with van der Waals surface area (Å²) in [6.45, 7) is 6.06. The second-order valence-corrected chi connectivity index (χ2v) is 6.35. The molecule has 0 aliphatic carbocycles. The van der Waals surface area contributed by atoms with Crippen LogP contribution >= 0.6 is 11.3 Å². The van der Waals surface area contributed by atoms with E-state index in [0.717, 1.165) is 15.4 Å². The van der Waals surface area contributed by atoms with E-state index >= 15 is 0 Å². The van der Waals surface area contributed by atoms with E-state index in [1.807, 2.05) is 32.0 Å². The van der Waals surface area contributed by atoms with Gasteiger partial charge in [0.1, 0.15) is 5.75 Å². The number of thiophene rings is 1. The van der Waals surface area contributed by atoms with Gasteiger partial charge in [-0.25, -0.2) is 0 Å². The molecule has 0 atom stereocenters. The smallest absolute Gasteiger partial charge is 0.259 e. The number of nitrogens with zero attached hydrogens (tertiary/aromatic N) is 2. The number of carbonyl (C=O) groups is 1. The van der Waals surface area contributed by atoms with Crippen molar-refractivity contribution in [1.82, 2.24) is 10.2 Å². The van der Waals surface area contributed by atoms with Crippen molar-refractivity contribution in [2.45, 2.75) is 20.8 Å². The lowest BCUT2D eigenvalue weighted by Gasteiger charge is -2.10. The van der Waals surface area contributed by atoms with Gasteiger partial charge in [0.05, 0.1) is 22.7 Å². The van der Waals surface area contributed by atoms with Crippen LogP contribution in [0, 0.1) is 13.8 Å². The summed E-state index contributed by atoms with van der Waals surface area (Å²) in [6.07, 6.45) is 0. The fourth-order valence-electron chi connectivity index (χ4n) is 2.23. The predicted molar refractivity (Wildman–Crippen MR) is 92.6 cm³/mol. The van der Waals surface area contributed by atoms with Crippen molar-refractivity contribution in [1.29, 1.82) is 0 Å². The number of aryl methyl sites for hydroxylation is 2. The lowest BCUT2D eigenvalue weighted by atomic mass is 10.2. The van der Waals surface area contributed by atoms with Crippen LogP contribution in [0.3, 0.4) is 0 Å². The zero-order valence-corrected chi connectivity index (χ0v) is 14.4. The SMILES string of the molecule is CCOc1ccccc1C(=O)Nc1cc(-c2nnc(C)o2)sc1C. The Hall–Kier alpha value is -2.67. The van der Waals surface area contributed by atoms with E-state index in [4.69, 9.17) is 9.15 Å². The van der Waals surface area contributed by atoms with Crippen LogP contribution in [0.2, 0.25) is 0 Å². The first-order chi connectivity index (χ1) is 11.6. The van der Waals surface area contributed by atoms with Gasteiger partial charge in [0.2, 0.25) is 5.89 Å². The Labute approximate surface area is 143 Å². The molecule has 7 heteroatoms. The third kappa shape index (κ3) is 3.30. The number of ether oxygens (including phenoxy) is 1. The van der Waals surface area contributed by atoms with Crippen LogP contribution < -0.4 is 10.1 Å². The van der Waals surface area contributed by atoms with E-state index in [1.54, 1.807) is 19.1 Å². The highest BCUT2D eigenvalue weighted by molar-refractivity contribution is 7.15. The summed E-state index contributed by atoms with van der Waals surface area (Å²) < 4.78 is 10.9. The van der Waals surface area contributed by atoms with Crippen LogP contribution in [-0.2, 0) is 0 Å². The Morgan fingerprint density at radius 3 is 2.79 bits per heavy atom. The van der Waals surface area contributed by atoms with Crippen molar-refractivity contribution in [3.8, 4) is 16.5 Å². The molecule has 0 fully saturated rings. The van der Waals surface area contributed by atoms with Crippen molar-refractivity contribution in [2.24, 2.45) is 0 Å². The minimum Gasteiger partial charge on any atom is -0.493 e. The van der Waals surface area contributed by atoms with Crippen molar-refractivity contribution in [3.05, 3.63) is 46.7 Å². The summed E-state index contributed by atoms with van der Waals surface area (Å²) in [4.78, 5) is 14.4. The molecule has 0 saturated carbocycles. The third-order valence-electron chi connectivity index (χ3n) is 3.33. The molecule has 24 heavy (non-hydrogen) atoms. The largest absolute Gasteiger partial charge is 0.493 e.